The van der Waals surface area contributed by atoms with Crippen LogP contribution in [-0.4, -0.2) is 19.4 Å². The average Bonchev–Trinajstić information content (AvgIpc) is 2.54. The Kier molecular flexibility index (Phi) is 3.07. The van der Waals surface area contributed by atoms with Crippen molar-refractivity contribution in [1.82, 2.24) is 9.71 Å². The fourth-order valence-electron chi connectivity index (χ4n) is 1.47. The maximum atomic E-state index is 11.9. The molecule has 0 aliphatic heterocycles. The van der Waals surface area contributed by atoms with Crippen molar-refractivity contribution in [2.45, 2.75) is 24.8 Å². The third-order valence-corrected chi connectivity index (χ3v) is 4.59. The monoisotopic (exact) mass is 272 g/mol. The predicted octanol–water partition coefficient (Wildman–Crippen LogP) is 1.28. The molecule has 2 aromatic rings. The van der Waals surface area contributed by atoms with Gasteiger partial charge in [-0.15, -0.1) is 0 Å². The highest BCUT2D eigenvalue weighted by atomic mass is 32.2. The van der Waals surface area contributed by atoms with E-state index in [9.17, 15) is 13.2 Å². The molecule has 0 spiro atoms. The van der Waals surface area contributed by atoms with E-state index in [-0.39, 0.29) is 15.8 Å². The second kappa shape index (κ2) is 4.25. The summed E-state index contributed by atoms with van der Waals surface area (Å²) in [7, 11) is -3.50. The average molecular weight is 272 g/mol. The Morgan fingerprint density at radius 3 is 2.71 bits per heavy atom. The minimum absolute atomic E-state index is 0.166. The molecule has 1 aromatic carbocycles. The molecule has 0 radical (unpaired) electrons. The summed E-state index contributed by atoms with van der Waals surface area (Å²) >= 11 is 0.998. The third-order valence-electron chi connectivity index (χ3n) is 2.09. The van der Waals surface area contributed by atoms with Gasteiger partial charge in [-0.3, -0.25) is 4.79 Å². The lowest BCUT2D eigenvalue weighted by Gasteiger charge is -2.09. The number of H-pyrrole nitrogens is 1. The number of aromatic nitrogens is 1. The summed E-state index contributed by atoms with van der Waals surface area (Å²) in [5, 5.41) is 0. The summed E-state index contributed by atoms with van der Waals surface area (Å²) in [6, 6.07) is 4.42. The van der Waals surface area contributed by atoms with E-state index in [1.165, 1.54) is 12.1 Å². The van der Waals surface area contributed by atoms with Crippen molar-refractivity contribution in [2.24, 2.45) is 0 Å². The molecule has 92 valence electrons. The maximum Gasteiger partial charge on any atom is 0.305 e. The van der Waals surface area contributed by atoms with Gasteiger partial charge in [0.1, 0.15) is 0 Å². The molecule has 2 rings (SSSR count). The van der Waals surface area contributed by atoms with Gasteiger partial charge < -0.3 is 4.98 Å². The van der Waals surface area contributed by atoms with Crippen LogP contribution in [0.2, 0.25) is 0 Å². The fraction of sp³-hybridized carbons (Fsp3) is 0.300. The number of rotatable bonds is 3. The highest BCUT2D eigenvalue weighted by Gasteiger charge is 2.16. The van der Waals surface area contributed by atoms with Gasteiger partial charge >= 0.3 is 4.87 Å². The zero-order valence-electron chi connectivity index (χ0n) is 9.35. The number of thiazole rings is 1. The van der Waals surface area contributed by atoms with Gasteiger partial charge in [-0.2, -0.15) is 0 Å². The van der Waals surface area contributed by atoms with Crippen molar-refractivity contribution in [3.8, 4) is 0 Å². The van der Waals surface area contributed by atoms with Crippen molar-refractivity contribution in [1.29, 1.82) is 0 Å². The first-order valence-electron chi connectivity index (χ1n) is 5.04. The van der Waals surface area contributed by atoms with Gasteiger partial charge in [-0.1, -0.05) is 11.3 Å². The van der Waals surface area contributed by atoms with E-state index in [1.807, 2.05) is 0 Å². The molecule has 5 nitrogen and oxygen atoms in total. The molecule has 7 heteroatoms. The number of aromatic amines is 1. The van der Waals surface area contributed by atoms with E-state index in [0.717, 1.165) is 11.3 Å². The van der Waals surface area contributed by atoms with Crippen LogP contribution >= 0.6 is 11.3 Å². The van der Waals surface area contributed by atoms with Crippen LogP contribution in [0.5, 0.6) is 0 Å². The maximum absolute atomic E-state index is 11.9. The van der Waals surface area contributed by atoms with Crippen LogP contribution in [0.15, 0.2) is 27.9 Å². The van der Waals surface area contributed by atoms with Crippen molar-refractivity contribution in [2.75, 3.05) is 0 Å². The normalized spacial score (nSPS) is 12.4. The van der Waals surface area contributed by atoms with Gasteiger partial charge in [0.2, 0.25) is 10.0 Å². The molecular weight excluding hydrogens is 260 g/mol. The fourth-order valence-corrected chi connectivity index (χ4v) is 3.60. The van der Waals surface area contributed by atoms with Gasteiger partial charge in [0.25, 0.3) is 0 Å². The molecule has 0 saturated heterocycles. The van der Waals surface area contributed by atoms with Crippen molar-refractivity contribution >= 4 is 31.6 Å². The number of hydrogen-bond acceptors (Lipinski definition) is 4. The Morgan fingerprint density at radius 1 is 1.35 bits per heavy atom. The van der Waals surface area contributed by atoms with Crippen LogP contribution in [0.1, 0.15) is 13.8 Å². The highest BCUT2D eigenvalue weighted by Crippen LogP contribution is 2.19. The molecule has 1 heterocycles. The number of benzene rings is 1. The summed E-state index contributed by atoms with van der Waals surface area (Å²) in [4.78, 5) is 13.7. The first kappa shape index (κ1) is 12.3. The predicted molar refractivity (Wildman–Crippen MR) is 67.9 cm³/mol. The van der Waals surface area contributed by atoms with Crippen LogP contribution in [0.4, 0.5) is 0 Å². The zero-order chi connectivity index (χ0) is 12.6. The molecule has 2 N–H and O–H groups in total. The second-order valence-electron chi connectivity index (χ2n) is 3.95. The van der Waals surface area contributed by atoms with Crippen LogP contribution in [0.3, 0.4) is 0 Å². The summed E-state index contributed by atoms with van der Waals surface area (Å²) in [5.41, 5.74) is 0.656. The summed E-state index contributed by atoms with van der Waals surface area (Å²) in [6.45, 7) is 3.51. The van der Waals surface area contributed by atoms with Gasteiger partial charge in [0, 0.05) is 6.04 Å². The lowest BCUT2D eigenvalue weighted by Crippen LogP contribution is -2.30. The molecule has 17 heavy (non-hydrogen) atoms. The summed E-state index contributed by atoms with van der Waals surface area (Å²) in [6.07, 6.45) is 0. The van der Waals surface area contributed by atoms with Crippen molar-refractivity contribution in [3.63, 3.8) is 0 Å². The van der Waals surface area contributed by atoms with E-state index in [0.29, 0.717) is 10.2 Å². The van der Waals surface area contributed by atoms with Crippen molar-refractivity contribution in [3.05, 3.63) is 27.9 Å². The lowest BCUT2D eigenvalue weighted by molar-refractivity contribution is 0.570. The standard InChI is InChI=1S/C10H12N2O3S2/c1-6(2)12-17(14,15)7-3-4-8-9(5-7)16-10(13)11-8/h3-6,12H,1-2H3,(H,11,13). The third kappa shape index (κ3) is 2.56. The van der Waals surface area contributed by atoms with E-state index in [2.05, 4.69) is 9.71 Å². The number of nitrogens with one attached hydrogen (secondary N) is 2. The lowest BCUT2D eigenvalue weighted by atomic mass is 10.3. The van der Waals surface area contributed by atoms with Gasteiger partial charge in [0.15, 0.2) is 0 Å². The second-order valence-corrected chi connectivity index (χ2v) is 6.68. The number of sulfonamides is 1. The first-order valence-corrected chi connectivity index (χ1v) is 7.34. The molecule has 0 atom stereocenters. The quantitative estimate of drug-likeness (QED) is 0.883. The van der Waals surface area contributed by atoms with Crippen LogP contribution in [0.25, 0.3) is 10.2 Å². The topological polar surface area (TPSA) is 79.0 Å². The summed E-state index contributed by atoms with van der Waals surface area (Å²) < 4.78 is 26.9. The Hall–Kier alpha value is -1.18. The Labute approximate surface area is 103 Å². The van der Waals surface area contributed by atoms with E-state index >= 15 is 0 Å². The highest BCUT2D eigenvalue weighted by molar-refractivity contribution is 7.89. The van der Waals surface area contributed by atoms with Crippen LogP contribution in [-0.2, 0) is 10.0 Å². The number of fused-ring (bicyclic) bond motifs is 1. The molecule has 0 bridgehead atoms. The van der Waals surface area contributed by atoms with Gasteiger partial charge in [0.05, 0.1) is 15.1 Å². The van der Waals surface area contributed by atoms with Crippen LogP contribution < -0.4 is 9.60 Å². The smallest absolute Gasteiger partial charge is 0.305 e. The Morgan fingerprint density at radius 2 is 2.06 bits per heavy atom. The summed E-state index contributed by atoms with van der Waals surface area (Å²) in [5.74, 6) is 0. The molecule has 0 fully saturated rings. The molecule has 1 aromatic heterocycles. The molecule has 0 aliphatic carbocycles. The molecule has 0 amide bonds. The first-order chi connectivity index (χ1) is 7.88. The molecule has 0 aliphatic rings. The Balaban J connectivity index is 2.52. The molecular formula is C10H12N2O3S2. The van der Waals surface area contributed by atoms with Crippen LogP contribution in [0, 0.1) is 0 Å². The van der Waals surface area contributed by atoms with Gasteiger partial charge in [-0.25, -0.2) is 13.1 Å². The van der Waals surface area contributed by atoms with E-state index in [1.54, 1.807) is 19.9 Å². The largest absolute Gasteiger partial charge is 0.312 e. The SMILES string of the molecule is CC(C)NS(=O)(=O)c1ccc2[nH]c(=O)sc2c1. The van der Waals surface area contributed by atoms with E-state index < -0.39 is 10.0 Å². The van der Waals surface area contributed by atoms with Gasteiger partial charge in [-0.05, 0) is 32.0 Å². The zero-order valence-corrected chi connectivity index (χ0v) is 11.0. The molecule has 0 saturated carbocycles. The Bertz CT molecular complexity index is 698. The molecule has 0 unspecified atom stereocenters. The van der Waals surface area contributed by atoms with Crippen molar-refractivity contribution < 1.29 is 8.42 Å². The minimum atomic E-state index is -3.50. The minimum Gasteiger partial charge on any atom is -0.312 e. The van der Waals surface area contributed by atoms with E-state index in [4.69, 9.17) is 0 Å². The number of hydrogen-bond donors (Lipinski definition) is 2.